The molecule has 0 unspecified atom stereocenters. The highest BCUT2D eigenvalue weighted by Crippen LogP contribution is 2.29. The molecule has 0 fully saturated rings. The summed E-state index contributed by atoms with van der Waals surface area (Å²) >= 11 is 0. The molecule has 0 saturated carbocycles. The molecule has 2 aromatic rings. The van der Waals surface area contributed by atoms with Gasteiger partial charge in [0.1, 0.15) is 0 Å². The van der Waals surface area contributed by atoms with Crippen molar-refractivity contribution >= 4 is 11.4 Å². The molecule has 0 saturated heterocycles. The van der Waals surface area contributed by atoms with Crippen LogP contribution in [0.3, 0.4) is 0 Å². The van der Waals surface area contributed by atoms with E-state index >= 15 is 0 Å². The van der Waals surface area contributed by atoms with E-state index < -0.39 is 0 Å². The van der Waals surface area contributed by atoms with Gasteiger partial charge in [0.2, 0.25) is 0 Å². The molecule has 0 aromatic heterocycles. The molecule has 0 atom stereocenters. The summed E-state index contributed by atoms with van der Waals surface area (Å²) in [6.07, 6.45) is 11.4. The minimum absolute atomic E-state index is 0.942. The number of unbranched alkanes of at least 4 members (excludes halogenated alkanes) is 2. The topological polar surface area (TPSA) is 12.0 Å². The van der Waals surface area contributed by atoms with E-state index in [9.17, 15) is 0 Å². The van der Waals surface area contributed by atoms with Gasteiger partial charge in [0.15, 0.2) is 0 Å². The highest BCUT2D eigenvalue weighted by atomic mass is 14.9. The standard InChI is InChI=1S/C28H35N.2C4H10.C2H6/c1-9-19(3)11-13-21(5)24(8)28(27-16-12-20(4)17-23(27)7)29-26-15-14-22(6)25(10-2)18-26;2*1-3-4-2;1-2/h11-18,29H,3,5,9-10H2,1-2,4,6-8H3;2*3-4H2,1-2H3;1-2H3/b13-11-,28-24+;;;. The summed E-state index contributed by atoms with van der Waals surface area (Å²) in [4.78, 5) is 0. The predicted molar refractivity (Wildman–Crippen MR) is 183 cm³/mol. The first-order valence-corrected chi connectivity index (χ1v) is 15.3. The SMILES string of the molecule is C=C(/C=C\C(=C)/C(C)=C(/Nc1ccc(C)c(CC)c1)c1ccc(C)cc1C)CC.CC.CCCC.CCCC. The molecule has 1 N–H and O–H groups in total. The van der Waals surface area contributed by atoms with E-state index in [-0.39, 0.29) is 0 Å². The van der Waals surface area contributed by atoms with Gasteiger partial charge in [-0.1, -0.05) is 142 Å². The first-order chi connectivity index (χ1) is 18.6. The molecule has 1 nitrogen and oxygen atoms in total. The van der Waals surface area contributed by atoms with E-state index in [0.717, 1.165) is 40.9 Å². The molecule has 39 heavy (non-hydrogen) atoms. The number of hydrogen-bond acceptors (Lipinski definition) is 1. The van der Waals surface area contributed by atoms with Crippen molar-refractivity contribution in [1.29, 1.82) is 0 Å². The monoisotopic (exact) mass is 531 g/mol. The maximum absolute atomic E-state index is 4.32. The first-order valence-electron chi connectivity index (χ1n) is 15.3. The molecule has 0 radical (unpaired) electrons. The Bertz CT molecular complexity index is 1020. The van der Waals surface area contributed by atoms with E-state index in [1.165, 1.54) is 53.5 Å². The molecule has 0 aliphatic carbocycles. The molecule has 0 aliphatic rings. The summed E-state index contributed by atoms with van der Waals surface area (Å²) in [6.45, 7) is 34.0. The first kappa shape index (κ1) is 38.3. The number of benzene rings is 2. The lowest BCUT2D eigenvalue weighted by Crippen LogP contribution is -2.05. The van der Waals surface area contributed by atoms with Gasteiger partial charge < -0.3 is 5.32 Å². The molecule has 0 heterocycles. The Morgan fingerprint density at radius 1 is 0.744 bits per heavy atom. The van der Waals surface area contributed by atoms with E-state index in [1.54, 1.807) is 0 Å². The lowest BCUT2D eigenvalue weighted by molar-refractivity contribution is 0.886. The van der Waals surface area contributed by atoms with Gasteiger partial charge in [-0.25, -0.2) is 0 Å². The molecule has 218 valence electrons. The Morgan fingerprint density at radius 3 is 1.77 bits per heavy atom. The second-order valence-electron chi connectivity index (χ2n) is 9.81. The highest BCUT2D eigenvalue weighted by molar-refractivity contribution is 5.83. The molecule has 2 aromatic carbocycles. The Hall–Kier alpha value is -2.80. The summed E-state index contributed by atoms with van der Waals surface area (Å²) in [5.41, 5.74) is 11.9. The zero-order chi connectivity index (χ0) is 30.4. The van der Waals surface area contributed by atoms with Gasteiger partial charge in [-0.2, -0.15) is 0 Å². The van der Waals surface area contributed by atoms with Gasteiger partial charge in [-0.05, 0) is 80.5 Å². The normalized spacial score (nSPS) is 10.7. The summed E-state index contributed by atoms with van der Waals surface area (Å²) in [5.74, 6) is 0. The summed E-state index contributed by atoms with van der Waals surface area (Å²) in [6, 6.07) is 13.2. The number of hydrogen-bond donors (Lipinski definition) is 1. The summed E-state index contributed by atoms with van der Waals surface area (Å²) < 4.78 is 0. The van der Waals surface area contributed by atoms with E-state index in [4.69, 9.17) is 0 Å². The summed E-state index contributed by atoms with van der Waals surface area (Å²) in [5, 5.41) is 3.70. The highest BCUT2D eigenvalue weighted by Gasteiger charge is 2.12. The Balaban J connectivity index is 0. The van der Waals surface area contributed by atoms with Crippen LogP contribution in [0.25, 0.3) is 5.70 Å². The largest absolute Gasteiger partial charge is 0.355 e. The quantitative estimate of drug-likeness (QED) is 0.301. The fraction of sp³-hybridized carbons (Fsp3) is 0.474. The van der Waals surface area contributed by atoms with Crippen molar-refractivity contribution in [3.8, 4) is 0 Å². The van der Waals surface area contributed by atoms with Crippen LogP contribution in [0.2, 0.25) is 0 Å². The minimum Gasteiger partial charge on any atom is -0.355 e. The van der Waals surface area contributed by atoms with Gasteiger partial charge >= 0.3 is 0 Å². The predicted octanol–water partition coefficient (Wildman–Crippen LogP) is 12.7. The van der Waals surface area contributed by atoms with Crippen molar-refractivity contribution in [3.05, 3.63) is 106 Å². The van der Waals surface area contributed by atoms with E-state index in [1.807, 2.05) is 13.8 Å². The number of allylic oxidation sites excluding steroid dienone is 5. The van der Waals surface area contributed by atoms with E-state index in [0.29, 0.717) is 0 Å². The smallest absolute Gasteiger partial charge is 0.0496 e. The second kappa shape index (κ2) is 23.1. The number of anilines is 1. The van der Waals surface area contributed by atoms with Crippen LogP contribution in [0.5, 0.6) is 0 Å². The van der Waals surface area contributed by atoms with E-state index in [2.05, 4.69) is 136 Å². The second-order valence-corrected chi connectivity index (χ2v) is 9.81. The third kappa shape index (κ3) is 15.4. The third-order valence-electron chi connectivity index (χ3n) is 6.48. The number of aryl methyl sites for hydroxylation is 4. The van der Waals surface area contributed by atoms with Crippen molar-refractivity contribution < 1.29 is 0 Å². The average molecular weight is 532 g/mol. The Morgan fingerprint density at radius 2 is 1.31 bits per heavy atom. The minimum atomic E-state index is 0.942. The molecular weight excluding hydrogens is 470 g/mol. The van der Waals surface area contributed by atoms with Crippen LogP contribution in [0.15, 0.2) is 78.4 Å². The van der Waals surface area contributed by atoms with Crippen LogP contribution in [0.4, 0.5) is 5.69 Å². The van der Waals surface area contributed by atoms with Crippen molar-refractivity contribution in [2.45, 2.75) is 122 Å². The molecule has 0 bridgehead atoms. The van der Waals surface area contributed by atoms with Crippen molar-refractivity contribution in [2.24, 2.45) is 0 Å². The molecule has 1 heteroatoms. The van der Waals surface area contributed by atoms with Gasteiger partial charge in [-0.3, -0.25) is 0 Å². The van der Waals surface area contributed by atoms with Crippen molar-refractivity contribution in [3.63, 3.8) is 0 Å². The zero-order valence-corrected chi connectivity index (χ0v) is 27.8. The molecule has 0 amide bonds. The maximum atomic E-state index is 4.32. The fourth-order valence-electron chi connectivity index (χ4n) is 3.35. The number of rotatable bonds is 10. The Labute approximate surface area is 244 Å². The van der Waals surface area contributed by atoms with Crippen molar-refractivity contribution in [1.82, 2.24) is 0 Å². The van der Waals surface area contributed by atoms with Gasteiger partial charge in [0.05, 0.1) is 0 Å². The van der Waals surface area contributed by atoms with Crippen molar-refractivity contribution in [2.75, 3.05) is 5.32 Å². The average Bonchev–Trinajstić information content (AvgIpc) is 2.96. The van der Waals surface area contributed by atoms with Crippen LogP contribution < -0.4 is 5.32 Å². The lowest BCUT2D eigenvalue weighted by Gasteiger charge is -2.19. The van der Waals surface area contributed by atoms with Crippen LogP contribution in [-0.4, -0.2) is 0 Å². The third-order valence-corrected chi connectivity index (χ3v) is 6.48. The maximum Gasteiger partial charge on any atom is 0.0496 e. The molecule has 0 spiro atoms. The molecule has 2 rings (SSSR count). The van der Waals surface area contributed by atoms with Crippen LogP contribution in [-0.2, 0) is 6.42 Å². The fourth-order valence-corrected chi connectivity index (χ4v) is 3.35. The summed E-state index contributed by atoms with van der Waals surface area (Å²) in [7, 11) is 0. The molecule has 0 aliphatic heterocycles. The number of nitrogens with one attached hydrogen (secondary N) is 1. The lowest BCUT2D eigenvalue weighted by atomic mass is 9.96. The van der Waals surface area contributed by atoms with Crippen LogP contribution in [0.1, 0.15) is 122 Å². The van der Waals surface area contributed by atoms with Gasteiger partial charge in [-0.15, -0.1) is 0 Å². The zero-order valence-electron chi connectivity index (χ0n) is 27.8. The molecular formula is C38H61N. The van der Waals surface area contributed by atoms with Crippen LogP contribution >= 0.6 is 0 Å². The van der Waals surface area contributed by atoms with Gasteiger partial charge in [0.25, 0.3) is 0 Å². The van der Waals surface area contributed by atoms with Crippen LogP contribution in [0, 0.1) is 20.8 Å². The Kier molecular flexibility index (Phi) is 22.7. The van der Waals surface area contributed by atoms with Gasteiger partial charge in [0, 0.05) is 16.9 Å².